The lowest BCUT2D eigenvalue weighted by Crippen LogP contribution is -2.08. The van der Waals surface area contributed by atoms with Crippen LogP contribution in [0.3, 0.4) is 0 Å². The first kappa shape index (κ1) is 13.5. The molecule has 2 N–H and O–H groups in total. The van der Waals surface area contributed by atoms with Crippen LogP contribution >= 0.6 is 0 Å². The van der Waals surface area contributed by atoms with Gasteiger partial charge in [-0.15, -0.1) is 10.2 Å². The Bertz CT molecular complexity index is 546. The summed E-state index contributed by atoms with van der Waals surface area (Å²) < 4.78 is 39.6. The summed E-state index contributed by atoms with van der Waals surface area (Å²) in [4.78, 5) is 1.31. The number of aromatic nitrogens is 4. The Morgan fingerprint density at radius 3 is 2.47 bits per heavy atom. The smallest absolute Gasteiger partial charge is 0.179 e. The van der Waals surface area contributed by atoms with Crippen molar-refractivity contribution in [3.8, 4) is 0 Å². The molecular formula is C11H12F3N5. The quantitative estimate of drug-likeness (QED) is 0.881. The van der Waals surface area contributed by atoms with Gasteiger partial charge in [0.2, 0.25) is 0 Å². The minimum atomic E-state index is -0.962. The predicted octanol–water partition coefficient (Wildman–Crippen LogP) is 1.03. The Labute approximate surface area is 107 Å². The summed E-state index contributed by atoms with van der Waals surface area (Å²) in [5, 5.41) is 11.4. The molecule has 0 saturated carbocycles. The minimum Gasteiger partial charge on any atom is -0.330 e. The lowest BCUT2D eigenvalue weighted by atomic mass is 10.1. The molecule has 5 nitrogen and oxygen atoms in total. The second kappa shape index (κ2) is 5.79. The maximum absolute atomic E-state index is 13.4. The highest BCUT2D eigenvalue weighted by atomic mass is 19.1. The van der Waals surface area contributed by atoms with Crippen LogP contribution in [0.1, 0.15) is 17.8 Å². The molecule has 0 atom stereocenters. The first-order valence-electron chi connectivity index (χ1n) is 5.70. The average Bonchev–Trinajstić information content (AvgIpc) is 2.79. The number of nitrogens with zero attached hydrogens (tertiary/aromatic N) is 4. The molecule has 2 rings (SSSR count). The van der Waals surface area contributed by atoms with Gasteiger partial charge >= 0.3 is 0 Å². The number of tetrazole rings is 1. The molecule has 0 radical (unpaired) electrons. The third kappa shape index (κ3) is 3.28. The Balaban J connectivity index is 2.15. The molecule has 0 aliphatic heterocycles. The van der Waals surface area contributed by atoms with E-state index in [4.69, 9.17) is 5.73 Å². The van der Waals surface area contributed by atoms with Crippen molar-refractivity contribution in [1.82, 2.24) is 20.2 Å². The van der Waals surface area contributed by atoms with Crippen molar-refractivity contribution >= 4 is 0 Å². The fraction of sp³-hybridized carbons (Fsp3) is 0.364. The highest BCUT2D eigenvalue weighted by Gasteiger charge is 2.14. The zero-order valence-electron chi connectivity index (χ0n) is 9.98. The molecule has 0 unspecified atom stereocenters. The third-order valence-corrected chi connectivity index (χ3v) is 2.50. The molecule has 0 bridgehead atoms. The molecular weight excluding hydrogens is 259 g/mol. The summed E-state index contributed by atoms with van der Waals surface area (Å²) in [5.74, 6) is -2.72. The van der Waals surface area contributed by atoms with Crippen LogP contribution in [0.4, 0.5) is 13.2 Å². The second-order valence-corrected chi connectivity index (χ2v) is 3.97. The van der Waals surface area contributed by atoms with Crippen molar-refractivity contribution in [2.45, 2.75) is 19.4 Å². The Kier molecular flexibility index (Phi) is 4.10. The van der Waals surface area contributed by atoms with Crippen LogP contribution in [-0.4, -0.2) is 26.8 Å². The van der Waals surface area contributed by atoms with Gasteiger partial charge in [0, 0.05) is 24.1 Å². The highest BCUT2D eigenvalue weighted by Crippen LogP contribution is 2.16. The summed E-state index contributed by atoms with van der Waals surface area (Å²) in [7, 11) is 0. The van der Waals surface area contributed by atoms with E-state index in [2.05, 4.69) is 15.4 Å². The standard InChI is InChI=1S/C11H12F3N5/c12-7-4-9(13)8(10(14)5-7)6-11-16-18-19(17-11)3-1-2-15/h4-5H,1-3,6,15H2. The summed E-state index contributed by atoms with van der Waals surface area (Å²) in [6.45, 7) is 0.968. The van der Waals surface area contributed by atoms with Crippen LogP contribution in [0.25, 0.3) is 0 Å². The van der Waals surface area contributed by atoms with Gasteiger partial charge in [-0.2, -0.15) is 4.80 Å². The van der Waals surface area contributed by atoms with Crippen LogP contribution in [0.5, 0.6) is 0 Å². The fourth-order valence-electron chi connectivity index (χ4n) is 1.57. The van der Waals surface area contributed by atoms with Crippen LogP contribution in [0.2, 0.25) is 0 Å². The molecule has 0 amide bonds. The molecule has 1 aromatic carbocycles. The van der Waals surface area contributed by atoms with E-state index in [0.717, 1.165) is 0 Å². The molecule has 1 heterocycles. The fourth-order valence-corrected chi connectivity index (χ4v) is 1.57. The molecule has 0 spiro atoms. The van der Waals surface area contributed by atoms with Crippen molar-refractivity contribution in [3.05, 3.63) is 41.0 Å². The van der Waals surface area contributed by atoms with E-state index in [-0.39, 0.29) is 17.8 Å². The number of halogens is 3. The number of rotatable bonds is 5. The van der Waals surface area contributed by atoms with E-state index >= 15 is 0 Å². The van der Waals surface area contributed by atoms with E-state index in [1.54, 1.807) is 0 Å². The van der Waals surface area contributed by atoms with Gasteiger partial charge in [0.05, 0.1) is 6.54 Å². The zero-order valence-corrected chi connectivity index (χ0v) is 9.98. The van der Waals surface area contributed by atoms with Crippen LogP contribution in [-0.2, 0) is 13.0 Å². The largest absolute Gasteiger partial charge is 0.330 e. The Morgan fingerprint density at radius 2 is 1.84 bits per heavy atom. The first-order chi connectivity index (χ1) is 9.10. The van der Waals surface area contributed by atoms with E-state index < -0.39 is 17.5 Å². The van der Waals surface area contributed by atoms with Crippen LogP contribution < -0.4 is 5.73 Å². The molecule has 2 aromatic rings. The Hall–Kier alpha value is -1.96. The van der Waals surface area contributed by atoms with Gasteiger partial charge < -0.3 is 5.73 Å². The van der Waals surface area contributed by atoms with Crippen molar-refractivity contribution in [1.29, 1.82) is 0 Å². The van der Waals surface area contributed by atoms with Crippen LogP contribution in [0, 0.1) is 17.5 Å². The molecule has 1 aromatic heterocycles. The first-order valence-corrected chi connectivity index (χ1v) is 5.70. The van der Waals surface area contributed by atoms with Crippen molar-refractivity contribution in [2.75, 3.05) is 6.54 Å². The highest BCUT2D eigenvalue weighted by molar-refractivity contribution is 5.23. The summed E-state index contributed by atoms with van der Waals surface area (Å²) in [6, 6.07) is 1.24. The van der Waals surface area contributed by atoms with Crippen LogP contribution in [0.15, 0.2) is 12.1 Å². The van der Waals surface area contributed by atoms with Crippen molar-refractivity contribution < 1.29 is 13.2 Å². The van der Waals surface area contributed by atoms with Crippen molar-refractivity contribution in [3.63, 3.8) is 0 Å². The molecule has 102 valence electrons. The van der Waals surface area contributed by atoms with E-state index in [1.807, 2.05) is 0 Å². The number of hydrogen-bond donors (Lipinski definition) is 1. The summed E-state index contributed by atoms with van der Waals surface area (Å²) in [6.07, 6.45) is 0.496. The van der Waals surface area contributed by atoms with Gasteiger partial charge in [0.1, 0.15) is 17.5 Å². The maximum Gasteiger partial charge on any atom is 0.179 e. The molecule has 0 saturated heterocycles. The number of benzene rings is 1. The maximum atomic E-state index is 13.4. The zero-order chi connectivity index (χ0) is 13.8. The predicted molar refractivity (Wildman–Crippen MR) is 60.6 cm³/mol. The van der Waals surface area contributed by atoms with E-state index in [1.165, 1.54) is 4.80 Å². The van der Waals surface area contributed by atoms with Gasteiger partial charge in [-0.05, 0) is 18.2 Å². The summed E-state index contributed by atoms with van der Waals surface area (Å²) in [5.41, 5.74) is 5.06. The Morgan fingerprint density at radius 1 is 1.16 bits per heavy atom. The molecule has 0 fully saturated rings. The molecule has 0 aliphatic carbocycles. The molecule has 8 heteroatoms. The SMILES string of the molecule is NCCCn1nnc(Cc2c(F)cc(F)cc2F)n1. The summed E-state index contributed by atoms with van der Waals surface area (Å²) >= 11 is 0. The topological polar surface area (TPSA) is 69.6 Å². The molecule has 0 aliphatic rings. The van der Waals surface area contributed by atoms with E-state index in [0.29, 0.717) is 31.6 Å². The van der Waals surface area contributed by atoms with Gasteiger partial charge in [-0.1, -0.05) is 0 Å². The monoisotopic (exact) mass is 271 g/mol. The average molecular weight is 271 g/mol. The second-order valence-electron chi connectivity index (χ2n) is 3.97. The third-order valence-electron chi connectivity index (χ3n) is 2.50. The lowest BCUT2D eigenvalue weighted by Gasteiger charge is -2.02. The molecule has 19 heavy (non-hydrogen) atoms. The van der Waals surface area contributed by atoms with E-state index in [9.17, 15) is 13.2 Å². The lowest BCUT2D eigenvalue weighted by molar-refractivity contribution is 0.501. The van der Waals surface area contributed by atoms with Gasteiger partial charge in [0.25, 0.3) is 0 Å². The van der Waals surface area contributed by atoms with Gasteiger partial charge in [-0.3, -0.25) is 0 Å². The normalized spacial score (nSPS) is 10.9. The van der Waals surface area contributed by atoms with Gasteiger partial charge in [0.15, 0.2) is 5.82 Å². The number of aryl methyl sites for hydroxylation is 1. The van der Waals surface area contributed by atoms with Crippen molar-refractivity contribution in [2.24, 2.45) is 5.73 Å². The number of nitrogens with two attached hydrogens (primary N) is 1. The number of hydrogen-bond acceptors (Lipinski definition) is 4. The van der Waals surface area contributed by atoms with Gasteiger partial charge in [-0.25, -0.2) is 13.2 Å². The minimum absolute atomic E-state index is 0.168.